The molecule has 0 atom stereocenters. The van der Waals surface area contributed by atoms with Gasteiger partial charge in [-0.25, -0.2) is 13.1 Å². The predicted molar refractivity (Wildman–Crippen MR) is 102 cm³/mol. The molecular weight excluding hydrogens is 366 g/mol. The number of aryl methyl sites for hydroxylation is 2. The first-order valence-corrected chi connectivity index (χ1v) is 9.68. The number of rotatable bonds is 5. The van der Waals surface area contributed by atoms with Crippen molar-refractivity contribution in [2.75, 3.05) is 4.72 Å². The minimum absolute atomic E-state index is 0.136. The van der Waals surface area contributed by atoms with Gasteiger partial charge in [-0.1, -0.05) is 0 Å². The number of ether oxygens (including phenoxy) is 1. The summed E-state index contributed by atoms with van der Waals surface area (Å²) in [5.74, 6) is -0.0919. The number of carbonyl (C=O) groups is 1. The lowest BCUT2D eigenvalue weighted by molar-refractivity contribution is -0.131. The SMILES string of the molecule is CC(=O)Oc1ccc(NS(=O)(=O)c2ccc(-n3nc(C)cc3C)cc2)cc1. The van der Waals surface area contributed by atoms with Gasteiger partial charge >= 0.3 is 5.97 Å². The van der Waals surface area contributed by atoms with Crippen LogP contribution in [0.1, 0.15) is 18.3 Å². The van der Waals surface area contributed by atoms with E-state index >= 15 is 0 Å². The third kappa shape index (κ3) is 4.35. The molecule has 0 aliphatic carbocycles. The zero-order valence-electron chi connectivity index (χ0n) is 15.1. The molecule has 0 saturated heterocycles. The Morgan fingerprint density at radius 2 is 1.67 bits per heavy atom. The summed E-state index contributed by atoms with van der Waals surface area (Å²) < 4.78 is 34.3. The van der Waals surface area contributed by atoms with Crippen molar-refractivity contribution in [2.45, 2.75) is 25.7 Å². The fraction of sp³-hybridized carbons (Fsp3) is 0.158. The number of anilines is 1. The van der Waals surface area contributed by atoms with Gasteiger partial charge in [0.1, 0.15) is 5.75 Å². The third-order valence-electron chi connectivity index (χ3n) is 3.77. The normalized spacial score (nSPS) is 11.2. The molecular formula is C19H19N3O4S. The van der Waals surface area contributed by atoms with E-state index < -0.39 is 16.0 Å². The molecule has 8 heteroatoms. The number of hydrogen-bond acceptors (Lipinski definition) is 5. The fourth-order valence-electron chi connectivity index (χ4n) is 2.63. The van der Waals surface area contributed by atoms with Crippen LogP contribution in [0.5, 0.6) is 5.75 Å². The van der Waals surface area contributed by atoms with E-state index in [1.54, 1.807) is 16.8 Å². The Morgan fingerprint density at radius 3 is 2.19 bits per heavy atom. The summed E-state index contributed by atoms with van der Waals surface area (Å²) >= 11 is 0. The van der Waals surface area contributed by atoms with Gasteiger partial charge in [0.05, 0.1) is 16.3 Å². The average Bonchev–Trinajstić information content (AvgIpc) is 2.94. The van der Waals surface area contributed by atoms with Crippen LogP contribution in [0.15, 0.2) is 59.5 Å². The van der Waals surface area contributed by atoms with Crippen LogP contribution < -0.4 is 9.46 Å². The molecule has 0 radical (unpaired) electrons. The molecule has 0 spiro atoms. The van der Waals surface area contributed by atoms with E-state index in [9.17, 15) is 13.2 Å². The number of benzene rings is 2. The molecule has 3 rings (SSSR count). The standard InChI is InChI=1S/C19H19N3O4S/c1-13-12-14(2)22(20-13)17-6-10-19(11-7-17)27(24,25)21-16-4-8-18(9-5-16)26-15(3)23/h4-12,21H,1-3H3. The van der Waals surface area contributed by atoms with Crippen molar-refractivity contribution in [3.63, 3.8) is 0 Å². The maximum Gasteiger partial charge on any atom is 0.308 e. The topological polar surface area (TPSA) is 90.3 Å². The quantitative estimate of drug-likeness (QED) is 0.538. The van der Waals surface area contributed by atoms with E-state index in [-0.39, 0.29) is 4.90 Å². The molecule has 0 fully saturated rings. The zero-order chi connectivity index (χ0) is 19.6. The molecule has 1 heterocycles. The molecule has 27 heavy (non-hydrogen) atoms. The maximum absolute atomic E-state index is 12.6. The molecule has 2 aromatic carbocycles. The van der Waals surface area contributed by atoms with E-state index in [4.69, 9.17) is 4.74 Å². The van der Waals surface area contributed by atoms with E-state index in [2.05, 4.69) is 9.82 Å². The maximum atomic E-state index is 12.6. The van der Waals surface area contributed by atoms with Crippen LogP contribution in [0.25, 0.3) is 5.69 Å². The van der Waals surface area contributed by atoms with Gasteiger partial charge in [-0.05, 0) is 68.4 Å². The third-order valence-corrected chi connectivity index (χ3v) is 5.17. The lowest BCUT2D eigenvalue weighted by atomic mass is 10.3. The van der Waals surface area contributed by atoms with Gasteiger partial charge in [0, 0.05) is 18.3 Å². The number of nitrogens with one attached hydrogen (secondary N) is 1. The summed E-state index contributed by atoms with van der Waals surface area (Å²) in [6, 6.07) is 14.5. The van der Waals surface area contributed by atoms with Crippen molar-refractivity contribution in [2.24, 2.45) is 0 Å². The molecule has 7 nitrogen and oxygen atoms in total. The molecule has 140 valence electrons. The lowest BCUT2D eigenvalue weighted by Crippen LogP contribution is -2.13. The fourth-order valence-corrected chi connectivity index (χ4v) is 3.69. The highest BCUT2D eigenvalue weighted by atomic mass is 32.2. The number of hydrogen-bond donors (Lipinski definition) is 1. The molecule has 1 aromatic heterocycles. The number of nitrogens with zero attached hydrogens (tertiary/aromatic N) is 2. The Morgan fingerprint density at radius 1 is 1.04 bits per heavy atom. The van der Waals surface area contributed by atoms with Crippen LogP contribution in [-0.4, -0.2) is 24.2 Å². The van der Waals surface area contributed by atoms with E-state index in [1.807, 2.05) is 19.9 Å². The predicted octanol–water partition coefficient (Wildman–Crippen LogP) is 3.22. The highest BCUT2D eigenvalue weighted by Crippen LogP contribution is 2.21. The zero-order valence-corrected chi connectivity index (χ0v) is 15.9. The molecule has 0 aliphatic heterocycles. The van der Waals surface area contributed by atoms with Crippen molar-refractivity contribution < 1.29 is 17.9 Å². The van der Waals surface area contributed by atoms with Gasteiger partial charge in [-0.15, -0.1) is 0 Å². The number of esters is 1. The number of carbonyl (C=O) groups excluding carboxylic acids is 1. The number of sulfonamides is 1. The number of aromatic nitrogens is 2. The minimum atomic E-state index is -3.74. The van der Waals surface area contributed by atoms with Crippen LogP contribution in [-0.2, 0) is 14.8 Å². The first-order valence-electron chi connectivity index (χ1n) is 8.19. The average molecular weight is 385 g/mol. The van der Waals surface area contributed by atoms with Crippen LogP contribution in [0, 0.1) is 13.8 Å². The second kappa shape index (κ2) is 7.24. The second-order valence-electron chi connectivity index (χ2n) is 6.06. The first-order chi connectivity index (χ1) is 12.7. The van der Waals surface area contributed by atoms with Crippen molar-refractivity contribution in [3.8, 4) is 11.4 Å². The molecule has 0 saturated carbocycles. The minimum Gasteiger partial charge on any atom is -0.427 e. The van der Waals surface area contributed by atoms with Crippen LogP contribution >= 0.6 is 0 Å². The van der Waals surface area contributed by atoms with Crippen LogP contribution in [0.2, 0.25) is 0 Å². The smallest absolute Gasteiger partial charge is 0.308 e. The summed E-state index contributed by atoms with van der Waals surface area (Å²) in [6.45, 7) is 5.14. The summed E-state index contributed by atoms with van der Waals surface area (Å²) in [5, 5.41) is 4.38. The monoisotopic (exact) mass is 385 g/mol. The van der Waals surface area contributed by atoms with E-state index in [0.717, 1.165) is 17.1 Å². The molecule has 1 N–H and O–H groups in total. The van der Waals surface area contributed by atoms with Gasteiger partial charge in [0.15, 0.2) is 0 Å². The van der Waals surface area contributed by atoms with Gasteiger partial charge < -0.3 is 4.74 Å². The van der Waals surface area contributed by atoms with Crippen molar-refractivity contribution >= 4 is 21.7 Å². The summed E-state index contributed by atoms with van der Waals surface area (Å²) in [7, 11) is -3.74. The summed E-state index contributed by atoms with van der Waals surface area (Å²) in [6.07, 6.45) is 0. The Balaban J connectivity index is 1.78. The van der Waals surface area contributed by atoms with Crippen LogP contribution in [0.4, 0.5) is 5.69 Å². The molecule has 0 unspecified atom stereocenters. The molecule has 0 aliphatic rings. The van der Waals surface area contributed by atoms with E-state index in [1.165, 1.54) is 43.3 Å². The van der Waals surface area contributed by atoms with Gasteiger partial charge in [-0.2, -0.15) is 5.10 Å². The second-order valence-corrected chi connectivity index (χ2v) is 7.74. The largest absolute Gasteiger partial charge is 0.427 e. The van der Waals surface area contributed by atoms with Gasteiger partial charge in [0.2, 0.25) is 0 Å². The Bertz CT molecular complexity index is 1070. The van der Waals surface area contributed by atoms with E-state index in [0.29, 0.717) is 11.4 Å². The van der Waals surface area contributed by atoms with Gasteiger partial charge in [-0.3, -0.25) is 9.52 Å². The highest BCUT2D eigenvalue weighted by Gasteiger charge is 2.15. The van der Waals surface area contributed by atoms with Crippen molar-refractivity contribution in [3.05, 3.63) is 66.0 Å². The molecule has 3 aromatic rings. The summed E-state index contributed by atoms with van der Waals surface area (Å²) in [5.41, 5.74) is 3.01. The lowest BCUT2D eigenvalue weighted by Gasteiger charge is -2.10. The van der Waals surface area contributed by atoms with Crippen molar-refractivity contribution in [1.82, 2.24) is 9.78 Å². The Labute approximate surface area is 157 Å². The first kappa shape index (κ1) is 18.7. The Hall–Kier alpha value is -3.13. The van der Waals surface area contributed by atoms with Crippen LogP contribution in [0.3, 0.4) is 0 Å². The van der Waals surface area contributed by atoms with Gasteiger partial charge in [0.25, 0.3) is 10.0 Å². The summed E-state index contributed by atoms with van der Waals surface area (Å²) in [4.78, 5) is 11.1. The Kier molecular flexibility index (Phi) is 5.00. The highest BCUT2D eigenvalue weighted by molar-refractivity contribution is 7.92. The van der Waals surface area contributed by atoms with Crippen molar-refractivity contribution in [1.29, 1.82) is 0 Å². The molecule has 0 amide bonds. The molecule has 0 bridgehead atoms.